The third-order valence-corrected chi connectivity index (χ3v) is 2.73. The van der Waals surface area contributed by atoms with Gasteiger partial charge in [0.15, 0.2) is 0 Å². The van der Waals surface area contributed by atoms with Crippen molar-refractivity contribution in [2.75, 3.05) is 18.5 Å². The van der Waals surface area contributed by atoms with E-state index in [1.165, 1.54) is 6.07 Å². The number of nitrogens with one attached hydrogen (secondary N) is 1. The van der Waals surface area contributed by atoms with Crippen molar-refractivity contribution in [3.05, 3.63) is 28.2 Å². The molecule has 1 unspecified atom stereocenters. The van der Waals surface area contributed by atoms with Crippen LogP contribution in [0.1, 0.15) is 12.5 Å². The van der Waals surface area contributed by atoms with Gasteiger partial charge in [-0.15, -0.1) is 0 Å². The summed E-state index contributed by atoms with van der Waals surface area (Å²) in [4.78, 5) is 0. The number of benzene rings is 1. The van der Waals surface area contributed by atoms with E-state index in [2.05, 4.69) is 21.2 Å². The van der Waals surface area contributed by atoms with Crippen LogP contribution in [0.2, 0.25) is 0 Å². The molecule has 0 aliphatic heterocycles. The third-order valence-electron chi connectivity index (χ3n) is 2.24. The van der Waals surface area contributed by atoms with E-state index in [0.717, 1.165) is 6.07 Å². The molecule has 96 valence electrons. The number of hydrogen-bond donors (Lipinski definition) is 2. The Kier molecular flexibility index (Phi) is 4.82. The van der Waals surface area contributed by atoms with Crippen molar-refractivity contribution in [1.82, 2.24) is 0 Å². The third kappa shape index (κ3) is 4.20. The maximum absolute atomic E-state index is 12.7. The molecule has 1 atom stereocenters. The number of aliphatic hydroxyl groups is 1. The summed E-state index contributed by atoms with van der Waals surface area (Å²) in [6.45, 7) is 1.98. The minimum absolute atomic E-state index is 0.0287. The highest BCUT2D eigenvalue weighted by Gasteiger charge is 2.33. The van der Waals surface area contributed by atoms with Crippen LogP contribution < -0.4 is 5.32 Å². The van der Waals surface area contributed by atoms with Crippen LogP contribution in [0.3, 0.4) is 0 Å². The highest BCUT2D eigenvalue weighted by molar-refractivity contribution is 9.10. The first kappa shape index (κ1) is 14.3. The molecule has 0 heterocycles. The lowest BCUT2D eigenvalue weighted by Gasteiger charge is -2.16. The van der Waals surface area contributed by atoms with Crippen molar-refractivity contribution in [1.29, 1.82) is 0 Å². The first-order chi connectivity index (χ1) is 7.84. The number of hydrogen-bond acceptors (Lipinski definition) is 2. The largest absolute Gasteiger partial charge is 0.418 e. The summed E-state index contributed by atoms with van der Waals surface area (Å²) in [6.07, 6.45) is -4.39. The Morgan fingerprint density at radius 1 is 1.41 bits per heavy atom. The molecule has 0 fully saturated rings. The summed E-state index contributed by atoms with van der Waals surface area (Å²) >= 11 is 3.01. The smallest absolute Gasteiger partial charge is 0.396 e. The molecule has 0 spiro atoms. The van der Waals surface area contributed by atoms with E-state index in [1.807, 2.05) is 0 Å². The van der Waals surface area contributed by atoms with Crippen LogP contribution in [0.4, 0.5) is 18.9 Å². The van der Waals surface area contributed by atoms with Gasteiger partial charge < -0.3 is 10.4 Å². The lowest BCUT2D eigenvalue weighted by Crippen LogP contribution is -2.17. The fourth-order valence-corrected chi connectivity index (χ4v) is 1.61. The molecule has 1 aromatic carbocycles. The van der Waals surface area contributed by atoms with E-state index in [1.54, 1.807) is 13.0 Å². The predicted molar refractivity (Wildman–Crippen MR) is 63.9 cm³/mol. The predicted octanol–water partition coefficient (Wildman–Crippen LogP) is 3.51. The molecular weight excluding hydrogens is 299 g/mol. The van der Waals surface area contributed by atoms with Crippen molar-refractivity contribution in [3.63, 3.8) is 0 Å². The van der Waals surface area contributed by atoms with Crippen molar-refractivity contribution in [2.45, 2.75) is 13.1 Å². The van der Waals surface area contributed by atoms with Crippen LogP contribution in [0, 0.1) is 5.92 Å². The standard InChI is InChI=1S/C11H13BrF3NO/c1-7(6-17)5-16-10-3-2-8(12)4-9(10)11(13,14)15/h2-4,7,16-17H,5-6H2,1H3. The minimum atomic E-state index is -4.39. The maximum atomic E-state index is 12.7. The first-order valence-corrected chi connectivity index (χ1v) is 5.85. The normalized spacial score (nSPS) is 13.5. The van der Waals surface area contributed by atoms with Gasteiger partial charge in [0.25, 0.3) is 0 Å². The van der Waals surface area contributed by atoms with Crippen LogP contribution in [-0.4, -0.2) is 18.3 Å². The Hall–Kier alpha value is -0.750. The van der Waals surface area contributed by atoms with Gasteiger partial charge in [0.1, 0.15) is 0 Å². The Morgan fingerprint density at radius 2 is 2.06 bits per heavy atom. The summed E-state index contributed by atoms with van der Waals surface area (Å²) in [5.74, 6) is -0.0975. The zero-order chi connectivity index (χ0) is 13.1. The van der Waals surface area contributed by atoms with Gasteiger partial charge in [0, 0.05) is 23.3 Å². The molecule has 0 bridgehead atoms. The lowest BCUT2D eigenvalue weighted by atomic mass is 10.1. The van der Waals surface area contributed by atoms with Crippen LogP contribution in [0.5, 0.6) is 0 Å². The minimum Gasteiger partial charge on any atom is -0.396 e. The molecule has 0 aliphatic rings. The topological polar surface area (TPSA) is 32.3 Å². The van der Waals surface area contributed by atoms with E-state index in [9.17, 15) is 13.2 Å². The molecule has 0 saturated carbocycles. The molecule has 17 heavy (non-hydrogen) atoms. The molecule has 6 heteroatoms. The van der Waals surface area contributed by atoms with Gasteiger partial charge in [-0.1, -0.05) is 22.9 Å². The van der Waals surface area contributed by atoms with Gasteiger partial charge in [-0.05, 0) is 24.1 Å². The van der Waals surface area contributed by atoms with Gasteiger partial charge in [-0.25, -0.2) is 0 Å². The summed E-state index contributed by atoms with van der Waals surface area (Å²) in [5, 5.41) is 11.5. The molecule has 0 amide bonds. The average molecular weight is 312 g/mol. The Labute approximate surface area is 106 Å². The number of alkyl halides is 3. The van der Waals surface area contributed by atoms with E-state index in [0.29, 0.717) is 11.0 Å². The summed E-state index contributed by atoms with van der Waals surface area (Å²) in [7, 11) is 0. The number of anilines is 1. The number of aliphatic hydroxyl groups excluding tert-OH is 1. The van der Waals surface area contributed by atoms with E-state index < -0.39 is 11.7 Å². The summed E-state index contributed by atoms with van der Waals surface area (Å²) in [6, 6.07) is 3.95. The van der Waals surface area contributed by atoms with Crippen molar-refractivity contribution < 1.29 is 18.3 Å². The monoisotopic (exact) mass is 311 g/mol. The Morgan fingerprint density at radius 3 is 2.59 bits per heavy atom. The zero-order valence-corrected chi connectivity index (χ0v) is 10.8. The second kappa shape index (κ2) is 5.73. The molecule has 0 aliphatic carbocycles. The van der Waals surface area contributed by atoms with E-state index >= 15 is 0 Å². The van der Waals surface area contributed by atoms with Gasteiger partial charge in [0.2, 0.25) is 0 Å². The van der Waals surface area contributed by atoms with Crippen molar-refractivity contribution in [2.24, 2.45) is 5.92 Å². The molecule has 1 aromatic rings. The Balaban J connectivity index is 2.91. The SMILES string of the molecule is CC(CO)CNc1ccc(Br)cc1C(F)(F)F. The second-order valence-corrected chi connectivity index (χ2v) is 4.77. The molecule has 2 nitrogen and oxygen atoms in total. The van der Waals surface area contributed by atoms with Crippen molar-refractivity contribution >= 4 is 21.6 Å². The van der Waals surface area contributed by atoms with Crippen LogP contribution in [0.25, 0.3) is 0 Å². The molecule has 0 radical (unpaired) electrons. The fourth-order valence-electron chi connectivity index (χ4n) is 1.25. The van der Waals surface area contributed by atoms with Gasteiger partial charge in [-0.2, -0.15) is 13.2 Å². The summed E-state index contributed by atoms with van der Waals surface area (Å²) in [5.41, 5.74) is -0.682. The molecule has 2 N–H and O–H groups in total. The van der Waals surface area contributed by atoms with E-state index in [4.69, 9.17) is 5.11 Å². The van der Waals surface area contributed by atoms with Crippen molar-refractivity contribution in [3.8, 4) is 0 Å². The number of halogens is 4. The highest BCUT2D eigenvalue weighted by atomic mass is 79.9. The lowest BCUT2D eigenvalue weighted by molar-refractivity contribution is -0.137. The second-order valence-electron chi connectivity index (χ2n) is 3.86. The molecular formula is C11H13BrF3NO. The molecule has 0 aromatic heterocycles. The Bertz CT molecular complexity index is 381. The average Bonchev–Trinajstić information content (AvgIpc) is 2.25. The van der Waals surface area contributed by atoms with Crippen LogP contribution >= 0.6 is 15.9 Å². The zero-order valence-electron chi connectivity index (χ0n) is 9.18. The highest BCUT2D eigenvalue weighted by Crippen LogP contribution is 2.36. The van der Waals surface area contributed by atoms with Gasteiger partial charge in [0.05, 0.1) is 5.56 Å². The molecule has 0 saturated heterocycles. The molecule has 1 rings (SSSR count). The first-order valence-electron chi connectivity index (χ1n) is 5.06. The quantitative estimate of drug-likeness (QED) is 0.892. The van der Waals surface area contributed by atoms with E-state index in [-0.39, 0.29) is 18.2 Å². The van der Waals surface area contributed by atoms with Gasteiger partial charge >= 0.3 is 6.18 Å². The van der Waals surface area contributed by atoms with Crippen LogP contribution in [0.15, 0.2) is 22.7 Å². The summed E-state index contributed by atoms with van der Waals surface area (Å²) < 4.78 is 38.6. The van der Waals surface area contributed by atoms with Gasteiger partial charge in [-0.3, -0.25) is 0 Å². The van der Waals surface area contributed by atoms with Crippen LogP contribution in [-0.2, 0) is 6.18 Å². The fraction of sp³-hybridized carbons (Fsp3) is 0.455. The maximum Gasteiger partial charge on any atom is 0.418 e. The number of rotatable bonds is 4.